The predicted octanol–water partition coefficient (Wildman–Crippen LogP) is 5.30. The molecule has 0 radical (unpaired) electrons. The molecule has 2 aliphatic heterocycles. The number of rotatable bonds is 3. The Morgan fingerprint density at radius 1 is 1.06 bits per heavy atom. The Kier molecular flexibility index (Phi) is 5.74. The van der Waals surface area contributed by atoms with Gasteiger partial charge in [-0.3, -0.25) is 4.79 Å². The second-order valence-electron chi connectivity index (χ2n) is 9.78. The number of hydrogen-bond donors (Lipinski definition) is 1. The van der Waals surface area contributed by atoms with Gasteiger partial charge in [0.25, 0.3) is 0 Å². The van der Waals surface area contributed by atoms with Gasteiger partial charge in [0.05, 0.1) is 11.3 Å². The van der Waals surface area contributed by atoms with E-state index in [1.807, 2.05) is 30.3 Å². The van der Waals surface area contributed by atoms with Gasteiger partial charge in [0.1, 0.15) is 12.4 Å². The van der Waals surface area contributed by atoms with E-state index < -0.39 is 22.6 Å². The van der Waals surface area contributed by atoms with Crippen LogP contribution >= 0.6 is 0 Å². The van der Waals surface area contributed by atoms with Gasteiger partial charge in [-0.15, -0.1) is 0 Å². The SMILES string of the molecule is CC(C)(C)C(=O)N1CC2(CCNCC2)c2c(C(F)(F)F)ccc(OCc3ccccc3)c21. The fourth-order valence-electron chi connectivity index (χ4n) is 4.82. The van der Waals surface area contributed by atoms with Crippen LogP contribution in [0.5, 0.6) is 5.75 Å². The maximum atomic E-state index is 14.2. The summed E-state index contributed by atoms with van der Waals surface area (Å²) in [4.78, 5) is 15.0. The number of carbonyl (C=O) groups excluding carboxylic acids is 1. The first-order chi connectivity index (χ1) is 15.0. The minimum Gasteiger partial charge on any atom is -0.487 e. The molecule has 0 bridgehead atoms. The zero-order valence-corrected chi connectivity index (χ0v) is 18.7. The lowest BCUT2D eigenvalue weighted by Gasteiger charge is -2.36. The molecule has 4 rings (SSSR count). The number of halogens is 3. The van der Waals surface area contributed by atoms with Crippen LogP contribution in [0.1, 0.15) is 50.3 Å². The minimum absolute atomic E-state index is 0.196. The van der Waals surface area contributed by atoms with E-state index in [9.17, 15) is 18.0 Å². The first-order valence-corrected chi connectivity index (χ1v) is 11.0. The molecule has 2 aromatic carbocycles. The number of fused-ring (bicyclic) bond motifs is 2. The first-order valence-electron chi connectivity index (χ1n) is 11.0. The highest BCUT2D eigenvalue weighted by atomic mass is 19.4. The number of carbonyl (C=O) groups is 1. The number of anilines is 1. The third kappa shape index (κ3) is 4.10. The number of nitrogens with zero attached hydrogens (tertiary/aromatic N) is 1. The summed E-state index contributed by atoms with van der Waals surface area (Å²) >= 11 is 0. The van der Waals surface area contributed by atoms with Crippen molar-refractivity contribution >= 4 is 11.6 Å². The Balaban J connectivity index is 1.87. The number of alkyl halides is 3. The predicted molar refractivity (Wildman–Crippen MR) is 118 cm³/mol. The summed E-state index contributed by atoms with van der Waals surface area (Å²) in [6.07, 6.45) is -3.43. The van der Waals surface area contributed by atoms with Crippen LogP contribution in [0.15, 0.2) is 42.5 Å². The molecule has 0 atom stereocenters. The van der Waals surface area contributed by atoms with Crippen molar-refractivity contribution in [2.75, 3.05) is 24.5 Å². The summed E-state index contributed by atoms with van der Waals surface area (Å²) in [5, 5.41) is 3.24. The maximum Gasteiger partial charge on any atom is 0.416 e. The summed E-state index contributed by atoms with van der Waals surface area (Å²) < 4.78 is 48.6. The van der Waals surface area contributed by atoms with Crippen LogP contribution < -0.4 is 15.0 Å². The van der Waals surface area contributed by atoms with Crippen LogP contribution in [0.25, 0.3) is 0 Å². The molecule has 0 aliphatic carbocycles. The molecular weight excluding hydrogens is 417 g/mol. The summed E-state index contributed by atoms with van der Waals surface area (Å²) in [5.74, 6) is 0.128. The highest BCUT2D eigenvalue weighted by Gasteiger charge is 2.52. The van der Waals surface area contributed by atoms with Crippen LogP contribution in [0.4, 0.5) is 18.9 Å². The second kappa shape index (κ2) is 8.10. The Labute approximate surface area is 186 Å². The molecule has 0 saturated carbocycles. The van der Waals surface area contributed by atoms with Gasteiger partial charge >= 0.3 is 6.18 Å². The number of piperidine rings is 1. The maximum absolute atomic E-state index is 14.2. The second-order valence-corrected chi connectivity index (χ2v) is 9.78. The van der Waals surface area contributed by atoms with Gasteiger partial charge in [-0.05, 0) is 49.2 Å². The van der Waals surface area contributed by atoms with E-state index in [1.54, 1.807) is 25.7 Å². The van der Waals surface area contributed by atoms with Crippen LogP contribution in [0, 0.1) is 5.41 Å². The fourth-order valence-corrected chi connectivity index (χ4v) is 4.82. The molecule has 32 heavy (non-hydrogen) atoms. The largest absolute Gasteiger partial charge is 0.487 e. The Hall–Kier alpha value is -2.54. The molecule has 1 fully saturated rings. The molecule has 2 aliphatic rings. The van der Waals surface area contributed by atoms with Crippen molar-refractivity contribution in [3.8, 4) is 5.75 Å². The highest BCUT2D eigenvalue weighted by molar-refractivity contribution is 6.01. The summed E-state index contributed by atoms with van der Waals surface area (Å²) in [7, 11) is 0. The molecule has 4 nitrogen and oxygen atoms in total. The first kappa shape index (κ1) is 22.6. The van der Waals surface area contributed by atoms with Gasteiger partial charge in [0.2, 0.25) is 5.91 Å². The van der Waals surface area contributed by atoms with Crippen LogP contribution in [-0.2, 0) is 23.0 Å². The van der Waals surface area contributed by atoms with Crippen molar-refractivity contribution in [1.29, 1.82) is 0 Å². The third-order valence-corrected chi connectivity index (χ3v) is 6.39. The molecule has 7 heteroatoms. The quantitative estimate of drug-likeness (QED) is 0.696. The smallest absolute Gasteiger partial charge is 0.416 e. The molecule has 1 N–H and O–H groups in total. The van der Waals surface area contributed by atoms with Crippen molar-refractivity contribution in [3.63, 3.8) is 0 Å². The van der Waals surface area contributed by atoms with E-state index in [0.29, 0.717) is 31.7 Å². The molecular formula is C25H29F3N2O2. The van der Waals surface area contributed by atoms with E-state index in [2.05, 4.69) is 5.32 Å². The summed E-state index contributed by atoms with van der Waals surface area (Å²) in [6.45, 7) is 7.06. The summed E-state index contributed by atoms with van der Waals surface area (Å²) in [5.41, 5.74) is -0.721. The van der Waals surface area contributed by atoms with Crippen molar-refractivity contribution in [3.05, 3.63) is 59.2 Å². The van der Waals surface area contributed by atoms with Gasteiger partial charge in [-0.1, -0.05) is 51.1 Å². The number of benzene rings is 2. The van der Waals surface area contributed by atoms with Crippen molar-refractivity contribution in [2.45, 2.75) is 51.8 Å². The Morgan fingerprint density at radius 3 is 2.31 bits per heavy atom. The molecule has 1 amide bonds. The Morgan fingerprint density at radius 2 is 1.72 bits per heavy atom. The number of hydrogen-bond acceptors (Lipinski definition) is 3. The molecule has 0 aromatic heterocycles. The normalized spacial score (nSPS) is 18.0. The zero-order valence-electron chi connectivity index (χ0n) is 18.7. The standard InChI is InChI=1S/C25H29F3N2O2/c1-23(2,3)22(31)30-16-24(11-13-29-14-12-24)20-18(25(26,27)28)9-10-19(21(20)30)32-15-17-7-5-4-6-8-17/h4-10,29H,11-16H2,1-3H3. The van der Waals surface area contributed by atoms with Gasteiger partial charge in [0.15, 0.2) is 0 Å². The monoisotopic (exact) mass is 446 g/mol. The van der Waals surface area contributed by atoms with Gasteiger partial charge in [0, 0.05) is 17.4 Å². The average Bonchev–Trinajstić information content (AvgIpc) is 3.06. The van der Waals surface area contributed by atoms with Gasteiger partial charge in [-0.25, -0.2) is 0 Å². The Bertz CT molecular complexity index is 991. The average molecular weight is 447 g/mol. The van der Waals surface area contributed by atoms with Crippen molar-refractivity contribution < 1.29 is 22.7 Å². The van der Waals surface area contributed by atoms with Gasteiger partial charge < -0.3 is 15.0 Å². The minimum atomic E-state index is -4.51. The van der Waals surface area contributed by atoms with E-state index in [1.165, 1.54) is 6.07 Å². The molecule has 1 spiro atoms. The van der Waals surface area contributed by atoms with Crippen LogP contribution in [0.3, 0.4) is 0 Å². The highest BCUT2D eigenvalue weighted by Crippen LogP contribution is 2.55. The zero-order chi connectivity index (χ0) is 23.1. The molecule has 172 valence electrons. The molecule has 0 unspecified atom stereocenters. The molecule has 2 aromatic rings. The molecule has 1 saturated heterocycles. The lowest BCUT2D eigenvalue weighted by atomic mass is 9.73. The summed E-state index contributed by atoms with van der Waals surface area (Å²) in [6, 6.07) is 11.9. The third-order valence-electron chi connectivity index (χ3n) is 6.39. The van der Waals surface area contributed by atoms with E-state index >= 15 is 0 Å². The van der Waals surface area contributed by atoms with Crippen LogP contribution in [0.2, 0.25) is 0 Å². The van der Waals surface area contributed by atoms with Crippen molar-refractivity contribution in [2.24, 2.45) is 5.41 Å². The van der Waals surface area contributed by atoms with Crippen LogP contribution in [-0.4, -0.2) is 25.5 Å². The lowest BCUT2D eigenvalue weighted by molar-refractivity contribution is -0.138. The van der Waals surface area contributed by atoms with E-state index in [0.717, 1.165) is 11.6 Å². The fraction of sp³-hybridized carbons (Fsp3) is 0.480. The topological polar surface area (TPSA) is 41.6 Å². The van der Waals surface area contributed by atoms with Crippen molar-refractivity contribution in [1.82, 2.24) is 5.32 Å². The van der Waals surface area contributed by atoms with E-state index in [-0.39, 0.29) is 30.3 Å². The number of nitrogens with one attached hydrogen (secondary N) is 1. The lowest BCUT2D eigenvalue weighted by Crippen LogP contribution is -2.46. The molecule has 2 heterocycles. The van der Waals surface area contributed by atoms with E-state index in [4.69, 9.17) is 4.74 Å². The number of ether oxygens (including phenoxy) is 1. The number of amides is 1. The van der Waals surface area contributed by atoms with Gasteiger partial charge in [-0.2, -0.15) is 13.2 Å².